The summed E-state index contributed by atoms with van der Waals surface area (Å²) in [5.41, 5.74) is 1.47. The van der Waals surface area contributed by atoms with Gasteiger partial charge in [0, 0.05) is 32.4 Å². The number of carbonyl (C=O) groups is 1. The third-order valence-electron chi connectivity index (χ3n) is 3.91. The van der Waals surface area contributed by atoms with Gasteiger partial charge in [0.05, 0.1) is 23.4 Å². The zero-order valence-corrected chi connectivity index (χ0v) is 10.7. The minimum absolute atomic E-state index is 0.0878. The van der Waals surface area contributed by atoms with Crippen molar-refractivity contribution in [3.8, 4) is 6.07 Å². The molecule has 0 spiro atoms. The van der Waals surface area contributed by atoms with E-state index in [1.165, 1.54) is 0 Å². The van der Waals surface area contributed by atoms with Crippen molar-refractivity contribution in [1.29, 1.82) is 5.26 Å². The lowest BCUT2D eigenvalue weighted by Crippen LogP contribution is -2.54. The Morgan fingerprint density at radius 3 is 2.79 bits per heavy atom. The van der Waals surface area contributed by atoms with Gasteiger partial charge in [0.2, 0.25) is 5.91 Å². The molecule has 0 aromatic carbocycles. The summed E-state index contributed by atoms with van der Waals surface area (Å²) in [4.78, 5) is 20.3. The number of nitrogens with zero attached hydrogens (tertiary/aromatic N) is 4. The topological polar surface area (TPSA) is 60.2 Å². The second-order valence-electron chi connectivity index (χ2n) is 5.14. The number of anilines is 1. The molecule has 2 aliphatic rings. The Morgan fingerprint density at radius 2 is 2.11 bits per heavy atom. The van der Waals surface area contributed by atoms with Gasteiger partial charge in [0.15, 0.2) is 0 Å². The van der Waals surface area contributed by atoms with Gasteiger partial charge in [-0.1, -0.05) is 0 Å². The van der Waals surface area contributed by atoms with Crippen LogP contribution in [0.2, 0.25) is 0 Å². The molecule has 98 valence electrons. The first-order chi connectivity index (χ1) is 9.29. The molecule has 5 nitrogen and oxygen atoms in total. The highest BCUT2D eigenvalue weighted by Crippen LogP contribution is 2.28. The Labute approximate surface area is 112 Å². The van der Waals surface area contributed by atoms with Crippen LogP contribution in [0, 0.1) is 17.2 Å². The van der Waals surface area contributed by atoms with Crippen LogP contribution < -0.4 is 4.90 Å². The zero-order valence-electron chi connectivity index (χ0n) is 10.7. The maximum atomic E-state index is 12.2. The molecule has 1 aromatic rings. The van der Waals surface area contributed by atoms with Crippen molar-refractivity contribution in [3.63, 3.8) is 0 Å². The summed E-state index contributed by atoms with van der Waals surface area (Å²) in [7, 11) is 0. The van der Waals surface area contributed by atoms with E-state index in [0.717, 1.165) is 31.6 Å². The molecule has 0 radical (unpaired) electrons. The summed E-state index contributed by atoms with van der Waals surface area (Å²) in [5.74, 6) is 0.362. The Morgan fingerprint density at radius 1 is 1.37 bits per heavy atom. The van der Waals surface area contributed by atoms with E-state index in [2.05, 4.69) is 16.0 Å². The predicted octanol–water partition coefficient (Wildman–Crippen LogP) is 1.01. The number of pyridine rings is 1. The highest BCUT2D eigenvalue weighted by Gasteiger charge is 2.36. The Balaban J connectivity index is 1.63. The molecule has 0 atom stereocenters. The molecule has 2 aliphatic heterocycles. The van der Waals surface area contributed by atoms with Crippen LogP contribution in [-0.4, -0.2) is 42.0 Å². The van der Waals surface area contributed by atoms with E-state index in [-0.39, 0.29) is 11.8 Å². The first kappa shape index (κ1) is 12.0. The second kappa shape index (κ2) is 4.88. The van der Waals surface area contributed by atoms with Crippen LogP contribution >= 0.6 is 0 Å². The quantitative estimate of drug-likeness (QED) is 0.792. The summed E-state index contributed by atoms with van der Waals surface area (Å²) >= 11 is 0. The van der Waals surface area contributed by atoms with Gasteiger partial charge in [0.1, 0.15) is 6.07 Å². The van der Waals surface area contributed by atoms with Crippen molar-refractivity contribution >= 4 is 11.6 Å². The smallest absolute Gasteiger partial charge is 0.229 e. The standard InChI is InChI=1S/C14H16N4O/c15-7-11-3-4-16-8-13(11)18-9-12(10-18)14(19)17-5-1-2-6-17/h3-4,8,12H,1-2,5-6,9-10H2. The van der Waals surface area contributed by atoms with Gasteiger partial charge >= 0.3 is 0 Å². The van der Waals surface area contributed by atoms with Crippen molar-refractivity contribution in [2.45, 2.75) is 12.8 Å². The molecule has 0 N–H and O–H groups in total. The third kappa shape index (κ3) is 2.14. The molecule has 0 aliphatic carbocycles. The summed E-state index contributed by atoms with van der Waals surface area (Å²) in [6.07, 6.45) is 5.58. The molecule has 0 bridgehead atoms. The Bertz CT molecular complexity index is 524. The van der Waals surface area contributed by atoms with Crippen LogP contribution in [0.3, 0.4) is 0 Å². The van der Waals surface area contributed by atoms with Crippen LogP contribution in [0.15, 0.2) is 18.5 Å². The highest BCUT2D eigenvalue weighted by atomic mass is 16.2. The lowest BCUT2D eigenvalue weighted by atomic mass is 9.97. The Kier molecular flexibility index (Phi) is 3.08. The predicted molar refractivity (Wildman–Crippen MR) is 70.5 cm³/mol. The van der Waals surface area contributed by atoms with Crippen molar-refractivity contribution in [2.24, 2.45) is 5.92 Å². The van der Waals surface area contributed by atoms with E-state index >= 15 is 0 Å². The number of rotatable bonds is 2. The number of nitriles is 1. The molecule has 3 heterocycles. The van der Waals surface area contributed by atoms with E-state index in [9.17, 15) is 4.79 Å². The van der Waals surface area contributed by atoms with Gasteiger partial charge in [-0.15, -0.1) is 0 Å². The fraction of sp³-hybridized carbons (Fsp3) is 0.500. The number of likely N-dealkylation sites (tertiary alicyclic amines) is 1. The molecule has 2 fully saturated rings. The number of hydrogen-bond acceptors (Lipinski definition) is 4. The van der Waals surface area contributed by atoms with Crippen LogP contribution in [0.5, 0.6) is 0 Å². The molecule has 19 heavy (non-hydrogen) atoms. The van der Waals surface area contributed by atoms with E-state index in [4.69, 9.17) is 5.26 Å². The monoisotopic (exact) mass is 256 g/mol. The summed E-state index contributed by atoms with van der Waals surface area (Å²) in [6.45, 7) is 3.22. The van der Waals surface area contributed by atoms with Crippen molar-refractivity contribution in [2.75, 3.05) is 31.1 Å². The van der Waals surface area contributed by atoms with Crippen LogP contribution in [0.4, 0.5) is 5.69 Å². The molecular formula is C14H16N4O. The van der Waals surface area contributed by atoms with Gasteiger partial charge in [0.25, 0.3) is 0 Å². The maximum Gasteiger partial charge on any atom is 0.229 e. The summed E-state index contributed by atoms with van der Waals surface area (Å²) < 4.78 is 0. The SMILES string of the molecule is N#Cc1ccncc1N1CC(C(=O)N2CCCC2)C1. The van der Waals surface area contributed by atoms with Gasteiger partial charge < -0.3 is 9.80 Å². The minimum atomic E-state index is 0.0878. The number of amides is 1. The lowest BCUT2D eigenvalue weighted by molar-refractivity contribution is -0.135. The van der Waals surface area contributed by atoms with E-state index in [0.29, 0.717) is 18.7 Å². The van der Waals surface area contributed by atoms with Gasteiger partial charge in [-0.25, -0.2) is 0 Å². The van der Waals surface area contributed by atoms with Crippen molar-refractivity contribution in [1.82, 2.24) is 9.88 Å². The van der Waals surface area contributed by atoms with E-state index in [1.54, 1.807) is 18.5 Å². The second-order valence-corrected chi connectivity index (χ2v) is 5.14. The highest BCUT2D eigenvalue weighted by molar-refractivity contribution is 5.82. The molecule has 2 saturated heterocycles. The average molecular weight is 256 g/mol. The number of carbonyl (C=O) groups excluding carboxylic acids is 1. The maximum absolute atomic E-state index is 12.2. The van der Waals surface area contributed by atoms with Crippen molar-refractivity contribution < 1.29 is 4.79 Å². The Hall–Kier alpha value is -2.09. The van der Waals surface area contributed by atoms with E-state index in [1.807, 2.05) is 4.90 Å². The largest absolute Gasteiger partial charge is 0.367 e. The molecule has 1 amide bonds. The third-order valence-corrected chi connectivity index (χ3v) is 3.91. The van der Waals surface area contributed by atoms with E-state index < -0.39 is 0 Å². The molecular weight excluding hydrogens is 240 g/mol. The average Bonchev–Trinajstić information content (AvgIpc) is 2.91. The number of hydrogen-bond donors (Lipinski definition) is 0. The fourth-order valence-corrected chi connectivity index (χ4v) is 2.76. The van der Waals surface area contributed by atoms with Crippen LogP contribution in [-0.2, 0) is 4.79 Å². The van der Waals surface area contributed by atoms with Gasteiger partial charge in [-0.05, 0) is 18.9 Å². The summed E-state index contributed by atoms with van der Waals surface area (Å²) in [6, 6.07) is 3.88. The van der Waals surface area contributed by atoms with Gasteiger partial charge in [-0.2, -0.15) is 5.26 Å². The molecule has 0 unspecified atom stereocenters. The van der Waals surface area contributed by atoms with Crippen molar-refractivity contribution in [3.05, 3.63) is 24.0 Å². The molecule has 3 rings (SSSR count). The summed E-state index contributed by atoms with van der Waals surface area (Å²) in [5, 5.41) is 9.06. The first-order valence-corrected chi connectivity index (χ1v) is 6.67. The molecule has 5 heteroatoms. The van der Waals surface area contributed by atoms with Crippen LogP contribution in [0.1, 0.15) is 18.4 Å². The normalized spacial score (nSPS) is 19.1. The minimum Gasteiger partial charge on any atom is -0.367 e. The van der Waals surface area contributed by atoms with Gasteiger partial charge in [-0.3, -0.25) is 9.78 Å². The zero-order chi connectivity index (χ0) is 13.2. The number of aromatic nitrogens is 1. The first-order valence-electron chi connectivity index (χ1n) is 6.67. The lowest BCUT2D eigenvalue weighted by Gasteiger charge is -2.41. The van der Waals surface area contributed by atoms with Crippen LogP contribution in [0.25, 0.3) is 0 Å². The molecule has 0 saturated carbocycles. The molecule has 1 aromatic heterocycles. The fourth-order valence-electron chi connectivity index (χ4n) is 2.76.